The van der Waals surface area contributed by atoms with Crippen molar-refractivity contribution in [1.82, 2.24) is 10.2 Å². The summed E-state index contributed by atoms with van der Waals surface area (Å²) in [7, 11) is -3.63. The molecule has 0 saturated carbocycles. The van der Waals surface area contributed by atoms with Gasteiger partial charge in [0, 0.05) is 5.56 Å². The summed E-state index contributed by atoms with van der Waals surface area (Å²) in [5.74, 6) is -0.486. The Morgan fingerprint density at radius 3 is 2.39 bits per heavy atom. The summed E-state index contributed by atoms with van der Waals surface area (Å²) in [6, 6.07) is 14.8. The van der Waals surface area contributed by atoms with Gasteiger partial charge in [-0.15, -0.1) is 10.2 Å². The maximum Gasteiger partial charge on any atom is 0.246 e. The molecule has 0 spiro atoms. The molecular formula is C19H20N4O3S2. The van der Waals surface area contributed by atoms with E-state index < -0.39 is 15.9 Å². The van der Waals surface area contributed by atoms with Crippen LogP contribution < -0.4 is 9.62 Å². The number of anilines is 2. The van der Waals surface area contributed by atoms with E-state index in [4.69, 9.17) is 0 Å². The summed E-state index contributed by atoms with van der Waals surface area (Å²) in [5, 5.41) is 11.7. The van der Waals surface area contributed by atoms with Crippen molar-refractivity contribution in [3.8, 4) is 10.6 Å². The monoisotopic (exact) mass is 416 g/mol. The molecule has 0 fully saturated rings. The molecule has 2 aromatic carbocycles. The number of aromatic nitrogens is 2. The van der Waals surface area contributed by atoms with Crippen LogP contribution in [0.3, 0.4) is 0 Å². The van der Waals surface area contributed by atoms with Gasteiger partial charge in [0.2, 0.25) is 21.1 Å². The fourth-order valence-electron chi connectivity index (χ4n) is 2.60. The molecular weight excluding hydrogens is 396 g/mol. The average Bonchev–Trinajstić information content (AvgIpc) is 3.08. The molecule has 7 nitrogen and oxygen atoms in total. The van der Waals surface area contributed by atoms with Crippen LogP contribution in [0.1, 0.15) is 11.1 Å². The van der Waals surface area contributed by atoms with E-state index in [-0.39, 0.29) is 6.54 Å². The van der Waals surface area contributed by atoms with E-state index in [9.17, 15) is 13.2 Å². The van der Waals surface area contributed by atoms with Crippen LogP contribution >= 0.6 is 11.3 Å². The second kappa shape index (κ2) is 8.07. The number of nitrogens with zero attached hydrogens (tertiary/aromatic N) is 3. The Bertz CT molecular complexity index is 1090. The lowest BCUT2D eigenvalue weighted by Gasteiger charge is -2.23. The van der Waals surface area contributed by atoms with Gasteiger partial charge in [-0.2, -0.15) is 0 Å². The zero-order valence-corrected chi connectivity index (χ0v) is 17.3. The minimum atomic E-state index is -3.63. The summed E-state index contributed by atoms with van der Waals surface area (Å²) >= 11 is 1.23. The topological polar surface area (TPSA) is 92.3 Å². The van der Waals surface area contributed by atoms with Crippen LogP contribution in [0.4, 0.5) is 10.8 Å². The van der Waals surface area contributed by atoms with Gasteiger partial charge in [-0.1, -0.05) is 59.4 Å². The summed E-state index contributed by atoms with van der Waals surface area (Å²) in [6.45, 7) is 3.45. The minimum Gasteiger partial charge on any atom is -0.299 e. The van der Waals surface area contributed by atoms with Crippen molar-refractivity contribution in [3.05, 3.63) is 59.7 Å². The van der Waals surface area contributed by atoms with Crippen LogP contribution in [0.5, 0.6) is 0 Å². The van der Waals surface area contributed by atoms with E-state index >= 15 is 0 Å². The Labute approximate surface area is 168 Å². The molecule has 3 aromatic rings. The highest BCUT2D eigenvalue weighted by Crippen LogP contribution is 2.27. The van der Waals surface area contributed by atoms with E-state index in [1.54, 1.807) is 25.1 Å². The third-order valence-electron chi connectivity index (χ3n) is 4.04. The number of hydrogen-bond acceptors (Lipinski definition) is 6. The predicted molar refractivity (Wildman–Crippen MR) is 112 cm³/mol. The Balaban J connectivity index is 1.75. The molecule has 0 aliphatic carbocycles. The van der Waals surface area contributed by atoms with E-state index in [0.717, 1.165) is 27.3 Å². The van der Waals surface area contributed by atoms with Crippen molar-refractivity contribution >= 4 is 38.1 Å². The number of nitrogens with one attached hydrogen (secondary N) is 1. The minimum absolute atomic E-state index is 0.318. The predicted octanol–water partition coefficient (Wildman–Crippen LogP) is 3.23. The number of hydrogen-bond donors (Lipinski definition) is 1. The lowest BCUT2D eigenvalue weighted by molar-refractivity contribution is -0.114. The highest BCUT2D eigenvalue weighted by atomic mass is 32.2. The molecule has 1 amide bonds. The Morgan fingerprint density at radius 1 is 1.07 bits per heavy atom. The number of carbonyl (C=O) groups is 1. The fraction of sp³-hybridized carbons (Fsp3) is 0.211. The highest BCUT2D eigenvalue weighted by Gasteiger charge is 2.22. The first-order valence-electron chi connectivity index (χ1n) is 8.48. The van der Waals surface area contributed by atoms with Gasteiger partial charge in [0.1, 0.15) is 11.6 Å². The Morgan fingerprint density at radius 2 is 1.75 bits per heavy atom. The maximum atomic E-state index is 12.5. The van der Waals surface area contributed by atoms with Gasteiger partial charge in [0.05, 0.1) is 11.9 Å². The van der Waals surface area contributed by atoms with Crippen LogP contribution in [0, 0.1) is 13.8 Å². The molecule has 28 heavy (non-hydrogen) atoms. The molecule has 0 unspecified atom stereocenters. The van der Waals surface area contributed by atoms with Crippen molar-refractivity contribution in [2.75, 3.05) is 22.4 Å². The summed E-state index contributed by atoms with van der Waals surface area (Å²) in [4.78, 5) is 12.5. The van der Waals surface area contributed by atoms with Crippen LogP contribution in [0.2, 0.25) is 0 Å². The fourth-order valence-corrected chi connectivity index (χ4v) is 4.28. The molecule has 0 bridgehead atoms. The van der Waals surface area contributed by atoms with Gasteiger partial charge < -0.3 is 0 Å². The molecule has 9 heteroatoms. The van der Waals surface area contributed by atoms with Crippen molar-refractivity contribution in [2.45, 2.75) is 13.8 Å². The molecule has 1 heterocycles. The molecule has 1 aromatic heterocycles. The van der Waals surface area contributed by atoms with Crippen molar-refractivity contribution in [1.29, 1.82) is 0 Å². The van der Waals surface area contributed by atoms with Crippen molar-refractivity contribution < 1.29 is 13.2 Å². The SMILES string of the molecule is Cc1ccc(-c2nnc(NC(=O)CN(c3ccccc3C)S(C)(=O)=O)s2)cc1. The van der Waals surface area contributed by atoms with Crippen LogP contribution in [0.25, 0.3) is 10.6 Å². The third kappa shape index (κ3) is 4.73. The number of amides is 1. The lowest BCUT2D eigenvalue weighted by atomic mass is 10.2. The van der Waals surface area contributed by atoms with Crippen LogP contribution in [-0.4, -0.2) is 37.3 Å². The first kappa shape index (κ1) is 20.0. The normalized spacial score (nSPS) is 11.2. The number of para-hydroxylation sites is 1. The summed E-state index contributed by atoms with van der Waals surface area (Å²) in [5.41, 5.74) is 3.27. The van der Waals surface area contributed by atoms with Crippen LogP contribution in [0.15, 0.2) is 48.5 Å². The lowest BCUT2D eigenvalue weighted by Crippen LogP contribution is -2.37. The number of sulfonamides is 1. The number of carbonyl (C=O) groups excluding carboxylic acids is 1. The molecule has 0 saturated heterocycles. The quantitative estimate of drug-likeness (QED) is 0.666. The molecule has 0 atom stereocenters. The van der Waals surface area contributed by atoms with E-state index in [0.29, 0.717) is 15.8 Å². The van der Waals surface area contributed by atoms with Gasteiger partial charge in [-0.25, -0.2) is 8.42 Å². The molecule has 146 valence electrons. The highest BCUT2D eigenvalue weighted by molar-refractivity contribution is 7.92. The second-order valence-electron chi connectivity index (χ2n) is 6.38. The number of rotatable bonds is 6. The number of aryl methyl sites for hydroxylation is 2. The van der Waals surface area contributed by atoms with E-state index in [2.05, 4.69) is 15.5 Å². The van der Waals surface area contributed by atoms with Crippen molar-refractivity contribution in [2.24, 2.45) is 0 Å². The Hall–Kier alpha value is -2.78. The zero-order chi connectivity index (χ0) is 20.3. The van der Waals surface area contributed by atoms with Gasteiger partial charge >= 0.3 is 0 Å². The largest absolute Gasteiger partial charge is 0.299 e. The molecule has 3 rings (SSSR count). The van der Waals surface area contributed by atoms with Gasteiger partial charge in [0.15, 0.2) is 0 Å². The molecule has 1 N–H and O–H groups in total. The second-order valence-corrected chi connectivity index (χ2v) is 9.27. The molecule has 0 aliphatic heterocycles. The van der Waals surface area contributed by atoms with Gasteiger partial charge in [-0.05, 0) is 25.5 Å². The molecule has 0 radical (unpaired) electrons. The van der Waals surface area contributed by atoms with Gasteiger partial charge in [0.25, 0.3) is 0 Å². The standard InChI is InChI=1S/C19H20N4O3S2/c1-13-8-10-15(11-9-13)18-21-22-19(27-18)20-17(24)12-23(28(3,25)26)16-7-5-4-6-14(16)2/h4-11H,12H2,1-3H3,(H,20,22,24). The first-order chi connectivity index (χ1) is 13.2. The summed E-state index contributed by atoms with van der Waals surface area (Å²) < 4.78 is 25.5. The van der Waals surface area contributed by atoms with E-state index in [1.165, 1.54) is 11.3 Å². The average molecular weight is 417 g/mol. The maximum absolute atomic E-state index is 12.5. The first-order valence-corrected chi connectivity index (χ1v) is 11.1. The Kier molecular flexibility index (Phi) is 5.76. The van der Waals surface area contributed by atoms with E-state index in [1.807, 2.05) is 37.3 Å². The third-order valence-corrected chi connectivity index (χ3v) is 6.06. The smallest absolute Gasteiger partial charge is 0.246 e. The molecule has 0 aliphatic rings. The van der Waals surface area contributed by atoms with Crippen LogP contribution in [-0.2, 0) is 14.8 Å². The van der Waals surface area contributed by atoms with Gasteiger partial charge in [-0.3, -0.25) is 14.4 Å². The van der Waals surface area contributed by atoms with Crippen molar-refractivity contribution in [3.63, 3.8) is 0 Å². The number of benzene rings is 2. The zero-order valence-electron chi connectivity index (χ0n) is 15.7. The summed E-state index contributed by atoms with van der Waals surface area (Å²) in [6.07, 6.45) is 1.08.